The summed E-state index contributed by atoms with van der Waals surface area (Å²) in [7, 11) is 3.30. The summed E-state index contributed by atoms with van der Waals surface area (Å²) in [4.78, 5) is 4.69. The normalized spacial score (nSPS) is 20.9. The summed E-state index contributed by atoms with van der Waals surface area (Å²) < 4.78 is 11.9. The van der Waals surface area contributed by atoms with Gasteiger partial charge in [0.2, 0.25) is 0 Å². The lowest BCUT2D eigenvalue weighted by Crippen LogP contribution is -2.29. The average Bonchev–Trinajstić information content (AvgIpc) is 3.33. The molecule has 0 amide bonds. The number of fused-ring (bicyclic) bond motifs is 3. The Hall–Kier alpha value is -2.80. The first-order valence-electron chi connectivity index (χ1n) is 11.2. The standard InChI is InChI=1S/C28H27IN2O2/c1-17-7-12-25-23(13-17)21-5-4-6-22(21)27(31-25)19-8-10-20(11-9-19)30-16-18-14-24(29)28(33-3)26(15-18)32-2/h4-5,7-16,21-22,27,31H,6H2,1-3H3/t21-,22+,27+/m1/s1. The molecule has 5 rings (SSSR count). The molecular formula is C28H27IN2O2. The number of benzene rings is 3. The molecule has 0 bridgehead atoms. The summed E-state index contributed by atoms with van der Waals surface area (Å²) in [6.45, 7) is 2.17. The van der Waals surface area contributed by atoms with Crippen LogP contribution in [0.25, 0.3) is 0 Å². The number of methoxy groups -OCH3 is 2. The van der Waals surface area contributed by atoms with Crippen LogP contribution >= 0.6 is 22.6 Å². The maximum atomic E-state index is 5.46. The van der Waals surface area contributed by atoms with Crippen molar-refractivity contribution in [3.05, 3.63) is 92.6 Å². The zero-order valence-corrected chi connectivity index (χ0v) is 21.2. The van der Waals surface area contributed by atoms with Crippen LogP contribution in [0.2, 0.25) is 0 Å². The van der Waals surface area contributed by atoms with Gasteiger partial charge in [0.1, 0.15) is 0 Å². The number of halogens is 1. The van der Waals surface area contributed by atoms with Crippen molar-refractivity contribution in [2.24, 2.45) is 10.9 Å². The smallest absolute Gasteiger partial charge is 0.174 e. The largest absolute Gasteiger partial charge is 0.493 e. The maximum absolute atomic E-state index is 5.46. The second-order valence-corrected chi connectivity index (χ2v) is 9.82. The quantitative estimate of drug-likeness (QED) is 0.208. The van der Waals surface area contributed by atoms with Crippen LogP contribution in [-0.2, 0) is 0 Å². The molecule has 3 atom stereocenters. The molecule has 1 aliphatic heterocycles. The van der Waals surface area contributed by atoms with Gasteiger partial charge >= 0.3 is 0 Å². The van der Waals surface area contributed by atoms with E-state index in [9.17, 15) is 0 Å². The Morgan fingerprint density at radius 2 is 1.85 bits per heavy atom. The van der Waals surface area contributed by atoms with E-state index in [0.717, 1.165) is 27.0 Å². The minimum absolute atomic E-state index is 0.297. The summed E-state index contributed by atoms with van der Waals surface area (Å²) in [6.07, 6.45) is 7.70. The van der Waals surface area contributed by atoms with Gasteiger partial charge in [0, 0.05) is 17.8 Å². The van der Waals surface area contributed by atoms with Gasteiger partial charge in [0.25, 0.3) is 0 Å². The lowest BCUT2D eigenvalue weighted by molar-refractivity contribution is 0.353. The van der Waals surface area contributed by atoms with Gasteiger partial charge in [-0.2, -0.15) is 0 Å². The van der Waals surface area contributed by atoms with Crippen molar-refractivity contribution in [2.75, 3.05) is 19.5 Å². The number of rotatable bonds is 5. The number of aliphatic imine (C=N–C) groups is 1. The molecule has 0 saturated heterocycles. The van der Waals surface area contributed by atoms with Crippen molar-refractivity contribution in [3.8, 4) is 11.5 Å². The highest BCUT2D eigenvalue weighted by Crippen LogP contribution is 2.50. The number of hydrogen-bond acceptors (Lipinski definition) is 4. The Morgan fingerprint density at radius 3 is 2.61 bits per heavy atom. The van der Waals surface area contributed by atoms with Crippen molar-refractivity contribution in [1.29, 1.82) is 0 Å². The second-order valence-electron chi connectivity index (χ2n) is 8.65. The predicted octanol–water partition coefficient (Wildman–Crippen LogP) is 7.19. The van der Waals surface area contributed by atoms with E-state index in [-0.39, 0.29) is 0 Å². The van der Waals surface area contributed by atoms with Crippen molar-refractivity contribution in [3.63, 3.8) is 0 Å². The molecule has 0 aromatic heterocycles. The summed E-state index contributed by atoms with van der Waals surface area (Å²) in [5.74, 6) is 2.48. The monoisotopic (exact) mass is 550 g/mol. The lowest BCUT2D eigenvalue weighted by atomic mass is 9.76. The summed E-state index contributed by atoms with van der Waals surface area (Å²) in [5.41, 5.74) is 7.21. The van der Waals surface area contributed by atoms with Crippen LogP contribution in [0.4, 0.5) is 11.4 Å². The van der Waals surface area contributed by atoms with Crippen LogP contribution in [0.5, 0.6) is 11.5 Å². The van der Waals surface area contributed by atoms with Crippen molar-refractivity contribution in [1.82, 2.24) is 0 Å². The molecule has 5 heteroatoms. The SMILES string of the molecule is COc1cc(C=Nc2ccc([C@@H]3Nc4ccc(C)cc4[C@@H]4C=CC[C@@H]43)cc2)cc(I)c1OC. The maximum Gasteiger partial charge on any atom is 0.174 e. The molecule has 33 heavy (non-hydrogen) atoms. The van der Waals surface area contributed by atoms with E-state index in [0.29, 0.717) is 23.6 Å². The zero-order chi connectivity index (χ0) is 22.9. The number of hydrogen-bond donors (Lipinski definition) is 1. The van der Waals surface area contributed by atoms with Crippen molar-refractivity contribution < 1.29 is 9.47 Å². The second kappa shape index (κ2) is 9.21. The van der Waals surface area contributed by atoms with Crippen LogP contribution in [0.15, 0.2) is 71.7 Å². The molecule has 0 radical (unpaired) electrons. The fourth-order valence-electron chi connectivity index (χ4n) is 4.97. The third kappa shape index (κ3) is 4.26. The first-order chi connectivity index (χ1) is 16.1. The number of nitrogens with zero attached hydrogens (tertiary/aromatic N) is 1. The Bertz CT molecular complexity index is 1230. The van der Waals surface area contributed by atoms with Gasteiger partial charge in [-0.3, -0.25) is 4.99 Å². The number of ether oxygens (including phenoxy) is 2. The third-order valence-corrected chi connectivity index (χ3v) is 7.39. The molecule has 0 saturated carbocycles. The third-order valence-electron chi connectivity index (χ3n) is 6.59. The topological polar surface area (TPSA) is 42.8 Å². The molecule has 0 unspecified atom stereocenters. The molecule has 2 aliphatic rings. The van der Waals surface area contributed by atoms with E-state index in [2.05, 4.69) is 94.4 Å². The number of aryl methyl sites for hydroxylation is 1. The van der Waals surface area contributed by atoms with Gasteiger partial charge in [-0.05, 0) is 88.9 Å². The van der Waals surface area contributed by atoms with E-state index in [1.807, 2.05) is 18.3 Å². The van der Waals surface area contributed by atoms with Gasteiger partial charge in [0.15, 0.2) is 11.5 Å². The highest BCUT2D eigenvalue weighted by Gasteiger charge is 2.37. The Labute approximate surface area is 208 Å². The van der Waals surface area contributed by atoms with Crippen molar-refractivity contribution in [2.45, 2.75) is 25.3 Å². The lowest BCUT2D eigenvalue weighted by Gasteiger charge is -2.37. The predicted molar refractivity (Wildman–Crippen MR) is 143 cm³/mol. The average molecular weight is 550 g/mol. The van der Waals surface area contributed by atoms with Gasteiger partial charge < -0.3 is 14.8 Å². The first-order valence-corrected chi connectivity index (χ1v) is 12.2. The van der Waals surface area contributed by atoms with E-state index < -0.39 is 0 Å². The summed E-state index contributed by atoms with van der Waals surface area (Å²) in [5, 5.41) is 3.81. The molecule has 3 aromatic carbocycles. The van der Waals surface area contributed by atoms with E-state index in [1.165, 1.54) is 22.4 Å². The van der Waals surface area contributed by atoms with Crippen LogP contribution in [0.1, 0.15) is 40.6 Å². The molecule has 1 N–H and O–H groups in total. The van der Waals surface area contributed by atoms with Gasteiger partial charge in [0.05, 0.1) is 29.5 Å². The highest BCUT2D eigenvalue weighted by atomic mass is 127. The van der Waals surface area contributed by atoms with Crippen LogP contribution in [-0.4, -0.2) is 20.4 Å². The minimum atomic E-state index is 0.297. The van der Waals surface area contributed by atoms with E-state index in [1.54, 1.807) is 14.2 Å². The fraction of sp³-hybridized carbons (Fsp3) is 0.250. The Balaban J connectivity index is 1.37. The number of allylic oxidation sites excluding steroid dienone is 2. The van der Waals surface area contributed by atoms with E-state index >= 15 is 0 Å². The molecule has 4 nitrogen and oxygen atoms in total. The van der Waals surface area contributed by atoms with Gasteiger partial charge in [-0.1, -0.05) is 42.0 Å². The number of anilines is 1. The van der Waals surface area contributed by atoms with Gasteiger partial charge in [-0.15, -0.1) is 0 Å². The van der Waals surface area contributed by atoms with E-state index in [4.69, 9.17) is 9.47 Å². The number of nitrogens with one attached hydrogen (secondary N) is 1. The molecular weight excluding hydrogens is 523 g/mol. The fourth-order valence-corrected chi connectivity index (χ4v) is 5.82. The van der Waals surface area contributed by atoms with Crippen LogP contribution in [0, 0.1) is 16.4 Å². The Kier molecular flexibility index (Phi) is 6.15. The molecule has 1 aliphatic carbocycles. The minimum Gasteiger partial charge on any atom is -0.493 e. The van der Waals surface area contributed by atoms with Gasteiger partial charge in [-0.25, -0.2) is 0 Å². The van der Waals surface area contributed by atoms with Crippen LogP contribution in [0.3, 0.4) is 0 Å². The summed E-state index contributed by atoms with van der Waals surface area (Å²) in [6, 6.07) is 19.6. The zero-order valence-electron chi connectivity index (χ0n) is 19.0. The highest BCUT2D eigenvalue weighted by molar-refractivity contribution is 14.1. The van der Waals surface area contributed by atoms with Crippen LogP contribution < -0.4 is 14.8 Å². The molecule has 0 fully saturated rings. The molecule has 3 aromatic rings. The Morgan fingerprint density at radius 1 is 1.03 bits per heavy atom. The molecule has 168 valence electrons. The summed E-state index contributed by atoms with van der Waals surface area (Å²) >= 11 is 2.25. The molecule has 0 spiro atoms. The first kappa shape index (κ1) is 22.0. The van der Waals surface area contributed by atoms with Crippen molar-refractivity contribution >= 4 is 40.2 Å². The molecule has 1 heterocycles.